The van der Waals surface area contributed by atoms with E-state index in [4.69, 9.17) is 13.7 Å². The first-order valence-electron chi connectivity index (χ1n) is 13.5. The number of aryl methyl sites for hydroxylation is 3. The lowest BCUT2D eigenvalue weighted by Crippen LogP contribution is -2.17. The van der Waals surface area contributed by atoms with Gasteiger partial charge < -0.3 is 9.47 Å². The Morgan fingerprint density at radius 1 is 0.923 bits per heavy atom. The number of allylic oxidation sites excluding steroid dienone is 1. The van der Waals surface area contributed by atoms with Crippen LogP contribution in [0.4, 0.5) is 0 Å². The lowest BCUT2D eigenvalue weighted by atomic mass is 10.0. The van der Waals surface area contributed by atoms with Crippen LogP contribution in [0.25, 0.3) is 0 Å². The van der Waals surface area contributed by atoms with Gasteiger partial charge in [-0.1, -0.05) is 90.2 Å². The van der Waals surface area contributed by atoms with Crippen LogP contribution in [0, 0.1) is 18.8 Å². The van der Waals surface area contributed by atoms with Gasteiger partial charge in [0.25, 0.3) is 10.1 Å². The van der Waals surface area contributed by atoms with Crippen molar-refractivity contribution in [3.8, 4) is 11.8 Å². The highest BCUT2D eigenvalue weighted by Gasteiger charge is 2.21. The van der Waals surface area contributed by atoms with E-state index in [0.29, 0.717) is 13.0 Å². The standard InChI is InChI=1S/C33H36O5S/c1-27-15-20-32(21-16-27)39(34,35)38-26-25-36-31(19-17-28-9-4-2-5-10-28)14-8-13-30-23-24-37-33(30)22-18-29-11-6-3-7-12-29/h2-7,9-13,15-16,20-21,31,33H,17-19,22-26H2,1H3/b30-13-. The Hall–Kier alpha value is -3.21. The van der Waals surface area contributed by atoms with Gasteiger partial charge in [0.2, 0.25) is 0 Å². The third kappa shape index (κ3) is 9.49. The molecule has 1 fully saturated rings. The van der Waals surface area contributed by atoms with Gasteiger partial charge in [-0.25, -0.2) is 0 Å². The van der Waals surface area contributed by atoms with E-state index >= 15 is 0 Å². The average Bonchev–Trinajstić information content (AvgIpc) is 3.41. The second-order valence-corrected chi connectivity index (χ2v) is 11.2. The SMILES string of the molecule is Cc1ccc(S(=O)(=O)OCCOC(C#C/C=C2/CCOC2CCc2ccccc2)CCc2ccccc2)cc1. The van der Waals surface area contributed by atoms with Crippen LogP contribution >= 0.6 is 0 Å². The molecule has 3 aromatic carbocycles. The molecule has 2 unspecified atom stereocenters. The molecule has 0 aromatic heterocycles. The Morgan fingerprint density at radius 2 is 1.59 bits per heavy atom. The molecular weight excluding hydrogens is 508 g/mol. The molecule has 204 valence electrons. The van der Waals surface area contributed by atoms with Crippen molar-refractivity contribution in [3.05, 3.63) is 113 Å². The lowest BCUT2D eigenvalue weighted by Gasteiger charge is -2.13. The number of hydrogen-bond acceptors (Lipinski definition) is 5. The molecular formula is C33H36O5S. The van der Waals surface area contributed by atoms with Gasteiger partial charge >= 0.3 is 0 Å². The molecule has 3 aromatic rings. The maximum absolute atomic E-state index is 12.5. The smallest absolute Gasteiger partial charge is 0.297 e. The molecule has 6 heteroatoms. The van der Waals surface area contributed by atoms with Gasteiger partial charge in [0.05, 0.1) is 30.8 Å². The summed E-state index contributed by atoms with van der Waals surface area (Å²) in [5.74, 6) is 6.44. The average molecular weight is 545 g/mol. The van der Waals surface area contributed by atoms with Gasteiger partial charge in [-0.2, -0.15) is 8.42 Å². The largest absolute Gasteiger partial charge is 0.373 e. The molecule has 1 aliphatic rings. The van der Waals surface area contributed by atoms with Crippen LogP contribution in [0.1, 0.15) is 36.0 Å². The molecule has 1 aliphatic heterocycles. The molecule has 0 radical (unpaired) electrons. The highest BCUT2D eigenvalue weighted by molar-refractivity contribution is 7.86. The minimum atomic E-state index is -3.83. The summed E-state index contributed by atoms with van der Waals surface area (Å²) in [7, 11) is -3.83. The summed E-state index contributed by atoms with van der Waals surface area (Å²) in [5, 5.41) is 0. The first kappa shape index (κ1) is 28.8. The summed E-state index contributed by atoms with van der Waals surface area (Å²) in [5.41, 5.74) is 4.71. The fraction of sp³-hybridized carbons (Fsp3) is 0.333. The summed E-state index contributed by atoms with van der Waals surface area (Å²) in [6.45, 7) is 2.67. The quantitative estimate of drug-likeness (QED) is 0.157. The predicted octanol–water partition coefficient (Wildman–Crippen LogP) is 6.07. The molecule has 39 heavy (non-hydrogen) atoms. The lowest BCUT2D eigenvalue weighted by molar-refractivity contribution is 0.0629. The van der Waals surface area contributed by atoms with E-state index in [1.165, 1.54) is 16.7 Å². The van der Waals surface area contributed by atoms with E-state index in [1.54, 1.807) is 24.3 Å². The molecule has 0 aliphatic carbocycles. The molecule has 5 nitrogen and oxygen atoms in total. The molecule has 0 spiro atoms. The first-order valence-corrected chi connectivity index (χ1v) is 14.9. The van der Waals surface area contributed by atoms with Crippen molar-refractivity contribution in [1.82, 2.24) is 0 Å². The molecule has 2 atom stereocenters. The highest BCUT2D eigenvalue weighted by Crippen LogP contribution is 2.24. The van der Waals surface area contributed by atoms with Crippen LogP contribution in [-0.2, 0) is 36.6 Å². The number of benzene rings is 3. The Kier molecular flexibility index (Phi) is 10.9. The van der Waals surface area contributed by atoms with Crippen molar-refractivity contribution < 1.29 is 22.1 Å². The number of rotatable bonds is 12. The summed E-state index contributed by atoms with van der Waals surface area (Å²) >= 11 is 0. The first-order chi connectivity index (χ1) is 19.0. The van der Waals surface area contributed by atoms with Crippen molar-refractivity contribution in [3.63, 3.8) is 0 Å². The van der Waals surface area contributed by atoms with Crippen molar-refractivity contribution in [2.75, 3.05) is 19.8 Å². The summed E-state index contributed by atoms with van der Waals surface area (Å²) in [6, 6.07) is 27.2. The fourth-order valence-corrected chi connectivity index (χ4v) is 5.33. The van der Waals surface area contributed by atoms with Crippen molar-refractivity contribution in [2.45, 2.75) is 56.1 Å². The van der Waals surface area contributed by atoms with E-state index in [-0.39, 0.29) is 30.3 Å². The summed E-state index contributed by atoms with van der Waals surface area (Å²) in [6.07, 6.45) is 5.99. The Morgan fingerprint density at radius 3 is 2.28 bits per heavy atom. The fourth-order valence-electron chi connectivity index (χ4n) is 4.44. The zero-order chi connectivity index (χ0) is 27.3. The topological polar surface area (TPSA) is 61.8 Å². The third-order valence-electron chi connectivity index (χ3n) is 6.65. The van der Waals surface area contributed by atoms with Crippen LogP contribution in [0.15, 0.2) is 101 Å². The molecule has 4 rings (SSSR count). The van der Waals surface area contributed by atoms with Gasteiger partial charge in [-0.15, -0.1) is 0 Å². The number of hydrogen-bond donors (Lipinski definition) is 0. The molecule has 0 N–H and O–H groups in total. The van der Waals surface area contributed by atoms with E-state index in [2.05, 4.69) is 48.2 Å². The van der Waals surface area contributed by atoms with Crippen LogP contribution < -0.4 is 0 Å². The predicted molar refractivity (Wildman–Crippen MR) is 154 cm³/mol. The van der Waals surface area contributed by atoms with Gasteiger partial charge in [0.15, 0.2) is 0 Å². The Balaban J connectivity index is 1.34. The van der Waals surface area contributed by atoms with Crippen LogP contribution in [0.3, 0.4) is 0 Å². The molecule has 0 amide bonds. The van der Waals surface area contributed by atoms with Gasteiger partial charge in [-0.05, 0) is 73.9 Å². The minimum Gasteiger partial charge on any atom is -0.373 e. The molecule has 1 saturated heterocycles. The van der Waals surface area contributed by atoms with Crippen LogP contribution in [-0.4, -0.2) is 40.4 Å². The third-order valence-corrected chi connectivity index (χ3v) is 7.98. The van der Waals surface area contributed by atoms with Gasteiger partial charge in [0, 0.05) is 0 Å². The van der Waals surface area contributed by atoms with Crippen molar-refractivity contribution >= 4 is 10.1 Å². The second kappa shape index (κ2) is 14.8. The highest BCUT2D eigenvalue weighted by atomic mass is 32.2. The van der Waals surface area contributed by atoms with E-state index in [1.807, 2.05) is 37.3 Å². The molecule has 0 saturated carbocycles. The number of ether oxygens (including phenoxy) is 2. The minimum absolute atomic E-state index is 0.0732. The molecule has 1 heterocycles. The maximum atomic E-state index is 12.5. The summed E-state index contributed by atoms with van der Waals surface area (Å²) < 4.78 is 42.1. The Bertz CT molecular complexity index is 1350. The monoisotopic (exact) mass is 544 g/mol. The molecule has 0 bridgehead atoms. The van der Waals surface area contributed by atoms with Gasteiger partial charge in [-0.3, -0.25) is 4.18 Å². The van der Waals surface area contributed by atoms with E-state index < -0.39 is 10.1 Å². The Labute approximate surface area is 232 Å². The van der Waals surface area contributed by atoms with Crippen molar-refractivity contribution in [1.29, 1.82) is 0 Å². The van der Waals surface area contributed by atoms with Crippen LogP contribution in [0.5, 0.6) is 0 Å². The van der Waals surface area contributed by atoms with Gasteiger partial charge in [0.1, 0.15) is 6.10 Å². The second-order valence-electron chi connectivity index (χ2n) is 9.61. The zero-order valence-electron chi connectivity index (χ0n) is 22.4. The van der Waals surface area contributed by atoms with E-state index in [0.717, 1.165) is 31.2 Å². The van der Waals surface area contributed by atoms with Crippen molar-refractivity contribution in [2.24, 2.45) is 0 Å². The zero-order valence-corrected chi connectivity index (χ0v) is 23.2. The maximum Gasteiger partial charge on any atom is 0.297 e. The normalized spacial score (nSPS) is 17.1. The summed E-state index contributed by atoms with van der Waals surface area (Å²) in [4.78, 5) is 0.140. The van der Waals surface area contributed by atoms with E-state index in [9.17, 15) is 8.42 Å². The van der Waals surface area contributed by atoms with Crippen LogP contribution in [0.2, 0.25) is 0 Å².